The largest absolute Gasteiger partial charge is 0.395 e. The molecule has 0 aromatic carbocycles. The molecule has 1 heterocycles. The maximum Gasteiger partial charge on any atom is 0.272 e. The third-order valence-electron chi connectivity index (χ3n) is 3.15. The number of pyridine rings is 1. The number of aromatic nitrogens is 1. The molecule has 1 aliphatic carbocycles. The van der Waals surface area contributed by atoms with Gasteiger partial charge in [-0.25, -0.2) is 4.98 Å². The molecule has 0 atom stereocenters. The Morgan fingerprint density at radius 2 is 2.32 bits per heavy atom. The lowest BCUT2D eigenvalue weighted by Gasteiger charge is -2.20. The van der Waals surface area contributed by atoms with E-state index in [0.29, 0.717) is 18.3 Å². The summed E-state index contributed by atoms with van der Waals surface area (Å²) in [7, 11) is 0. The van der Waals surface area contributed by atoms with Crippen molar-refractivity contribution >= 4 is 11.6 Å². The summed E-state index contributed by atoms with van der Waals surface area (Å²) in [6.07, 6.45) is 4.79. The van der Waals surface area contributed by atoms with Crippen molar-refractivity contribution < 1.29 is 9.90 Å². The van der Waals surface area contributed by atoms with Crippen LogP contribution in [0, 0.1) is 0 Å². The monoisotopic (exact) mass is 263 g/mol. The van der Waals surface area contributed by atoms with Crippen LogP contribution in [0.2, 0.25) is 0 Å². The van der Waals surface area contributed by atoms with Gasteiger partial charge < -0.3 is 15.3 Å². The number of nitrogens with zero attached hydrogens (tertiary/aromatic N) is 2. The molecule has 2 N–H and O–H groups in total. The fourth-order valence-corrected chi connectivity index (χ4v) is 1.99. The van der Waals surface area contributed by atoms with Gasteiger partial charge in [0.2, 0.25) is 0 Å². The highest BCUT2D eigenvalue weighted by Gasteiger charge is 2.32. The lowest BCUT2D eigenvalue weighted by molar-refractivity contribution is 0.0702. The lowest BCUT2D eigenvalue weighted by atomic mass is 10.3. The Labute approximate surface area is 113 Å². The van der Waals surface area contributed by atoms with Crippen LogP contribution in [0.25, 0.3) is 0 Å². The molecule has 0 spiro atoms. The van der Waals surface area contributed by atoms with Crippen LogP contribution in [-0.2, 0) is 0 Å². The van der Waals surface area contributed by atoms with Gasteiger partial charge in [-0.1, -0.05) is 6.92 Å². The molecule has 19 heavy (non-hydrogen) atoms. The van der Waals surface area contributed by atoms with E-state index in [2.05, 4.69) is 17.2 Å². The van der Waals surface area contributed by atoms with Gasteiger partial charge in [0, 0.05) is 19.1 Å². The van der Waals surface area contributed by atoms with Crippen molar-refractivity contribution in [3.8, 4) is 0 Å². The fraction of sp³-hybridized carbons (Fsp3) is 0.571. The molecule has 1 aliphatic rings. The van der Waals surface area contributed by atoms with Crippen molar-refractivity contribution in [3.05, 3.63) is 24.0 Å². The second kappa shape index (κ2) is 6.52. The molecule has 104 valence electrons. The summed E-state index contributed by atoms with van der Waals surface area (Å²) in [6, 6.07) is 3.91. The molecule has 5 nitrogen and oxygen atoms in total. The fourth-order valence-electron chi connectivity index (χ4n) is 1.99. The van der Waals surface area contributed by atoms with E-state index in [1.165, 1.54) is 0 Å². The van der Waals surface area contributed by atoms with Gasteiger partial charge in [0.25, 0.3) is 5.91 Å². The molecule has 1 saturated carbocycles. The van der Waals surface area contributed by atoms with Gasteiger partial charge in [0.15, 0.2) is 0 Å². The molecule has 2 rings (SSSR count). The first-order chi connectivity index (χ1) is 9.26. The van der Waals surface area contributed by atoms with Crippen molar-refractivity contribution in [1.82, 2.24) is 9.88 Å². The third kappa shape index (κ3) is 3.67. The molecule has 1 aromatic heterocycles. The SMILES string of the molecule is CCCNc1ccc(C(=O)N(CCO)C2CC2)nc1. The zero-order valence-corrected chi connectivity index (χ0v) is 11.3. The van der Waals surface area contributed by atoms with Crippen LogP contribution in [0.4, 0.5) is 5.69 Å². The maximum atomic E-state index is 12.3. The number of anilines is 1. The quantitative estimate of drug-likeness (QED) is 0.782. The summed E-state index contributed by atoms with van der Waals surface area (Å²) in [6.45, 7) is 3.38. The zero-order valence-electron chi connectivity index (χ0n) is 11.3. The second-order valence-electron chi connectivity index (χ2n) is 4.81. The van der Waals surface area contributed by atoms with E-state index in [-0.39, 0.29) is 12.5 Å². The van der Waals surface area contributed by atoms with Gasteiger partial charge in [-0.2, -0.15) is 0 Å². The Balaban J connectivity index is 2.01. The Kier molecular flexibility index (Phi) is 4.74. The third-order valence-corrected chi connectivity index (χ3v) is 3.15. The molecule has 0 bridgehead atoms. The summed E-state index contributed by atoms with van der Waals surface area (Å²) in [4.78, 5) is 18.2. The highest BCUT2D eigenvalue weighted by Crippen LogP contribution is 2.27. The number of amides is 1. The minimum atomic E-state index is -0.0846. The summed E-state index contributed by atoms with van der Waals surface area (Å²) in [5, 5.41) is 12.2. The van der Waals surface area contributed by atoms with E-state index in [1.54, 1.807) is 17.2 Å². The molecular formula is C14H21N3O2. The van der Waals surface area contributed by atoms with Crippen molar-refractivity contribution in [2.75, 3.05) is 25.0 Å². The predicted molar refractivity (Wildman–Crippen MR) is 74.2 cm³/mol. The summed E-state index contributed by atoms with van der Waals surface area (Å²) in [5.74, 6) is -0.0846. The molecule has 5 heteroatoms. The number of hydrogen-bond acceptors (Lipinski definition) is 4. The number of aliphatic hydroxyl groups is 1. The standard InChI is InChI=1S/C14H21N3O2/c1-2-7-15-11-3-6-13(16-10-11)14(19)17(8-9-18)12-4-5-12/h3,6,10,12,15,18H,2,4-5,7-9H2,1H3. The van der Waals surface area contributed by atoms with E-state index in [0.717, 1.165) is 31.5 Å². The minimum Gasteiger partial charge on any atom is -0.395 e. The van der Waals surface area contributed by atoms with Crippen molar-refractivity contribution in [2.45, 2.75) is 32.2 Å². The van der Waals surface area contributed by atoms with E-state index in [1.807, 2.05) is 6.07 Å². The topological polar surface area (TPSA) is 65.5 Å². The first kappa shape index (κ1) is 13.8. The smallest absolute Gasteiger partial charge is 0.272 e. The zero-order chi connectivity index (χ0) is 13.7. The Morgan fingerprint density at radius 1 is 1.53 bits per heavy atom. The lowest BCUT2D eigenvalue weighted by Crippen LogP contribution is -2.35. The van der Waals surface area contributed by atoms with E-state index >= 15 is 0 Å². The first-order valence-corrected chi connectivity index (χ1v) is 6.88. The van der Waals surface area contributed by atoms with Crippen LogP contribution in [-0.4, -0.2) is 46.6 Å². The summed E-state index contributed by atoms with van der Waals surface area (Å²) >= 11 is 0. The number of aliphatic hydroxyl groups excluding tert-OH is 1. The average Bonchev–Trinajstić information content (AvgIpc) is 3.27. The van der Waals surface area contributed by atoms with Gasteiger partial charge in [-0.3, -0.25) is 4.79 Å². The second-order valence-corrected chi connectivity index (χ2v) is 4.81. The number of rotatable bonds is 7. The van der Waals surface area contributed by atoms with Crippen molar-refractivity contribution in [3.63, 3.8) is 0 Å². The number of carbonyl (C=O) groups is 1. The Hall–Kier alpha value is -1.62. The van der Waals surface area contributed by atoms with Gasteiger partial charge in [0.1, 0.15) is 5.69 Å². The van der Waals surface area contributed by atoms with Crippen molar-refractivity contribution in [2.24, 2.45) is 0 Å². The minimum absolute atomic E-state index is 0.00161. The van der Waals surface area contributed by atoms with Crippen LogP contribution in [0.5, 0.6) is 0 Å². The van der Waals surface area contributed by atoms with Crippen LogP contribution in [0.1, 0.15) is 36.7 Å². The van der Waals surface area contributed by atoms with Crippen LogP contribution >= 0.6 is 0 Å². The van der Waals surface area contributed by atoms with Gasteiger partial charge in [0.05, 0.1) is 18.5 Å². The Morgan fingerprint density at radius 3 is 2.84 bits per heavy atom. The number of carbonyl (C=O) groups excluding carboxylic acids is 1. The number of nitrogens with one attached hydrogen (secondary N) is 1. The molecule has 1 fully saturated rings. The molecule has 0 aliphatic heterocycles. The van der Waals surface area contributed by atoms with Crippen molar-refractivity contribution in [1.29, 1.82) is 0 Å². The predicted octanol–water partition coefficient (Wildman–Crippen LogP) is 1.50. The van der Waals surface area contributed by atoms with Gasteiger partial charge in [-0.15, -0.1) is 0 Å². The van der Waals surface area contributed by atoms with Crippen LogP contribution in [0.15, 0.2) is 18.3 Å². The van der Waals surface area contributed by atoms with Gasteiger partial charge >= 0.3 is 0 Å². The van der Waals surface area contributed by atoms with E-state index in [9.17, 15) is 4.79 Å². The molecule has 1 aromatic rings. The highest BCUT2D eigenvalue weighted by atomic mass is 16.3. The summed E-state index contributed by atoms with van der Waals surface area (Å²) in [5.41, 5.74) is 1.38. The average molecular weight is 263 g/mol. The first-order valence-electron chi connectivity index (χ1n) is 6.88. The Bertz CT molecular complexity index is 415. The highest BCUT2D eigenvalue weighted by molar-refractivity contribution is 5.93. The molecule has 0 saturated heterocycles. The van der Waals surface area contributed by atoms with E-state index in [4.69, 9.17) is 5.11 Å². The van der Waals surface area contributed by atoms with Gasteiger partial charge in [-0.05, 0) is 31.4 Å². The molecular weight excluding hydrogens is 242 g/mol. The normalized spacial score (nSPS) is 14.2. The summed E-state index contributed by atoms with van der Waals surface area (Å²) < 4.78 is 0. The number of hydrogen-bond donors (Lipinski definition) is 2. The van der Waals surface area contributed by atoms with Crippen LogP contribution < -0.4 is 5.32 Å². The molecule has 1 amide bonds. The van der Waals surface area contributed by atoms with Crippen LogP contribution in [0.3, 0.4) is 0 Å². The maximum absolute atomic E-state index is 12.3. The van der Waals surface area contributed by atoms with E-state index < -0.39 is 0 Å². The molecule has 0 unspecified atom stereocenters. The molecule has 0 radical (unpaired) electrons.